The minimum atomic E-state index is 1.04. The molecule has 0 saturated carbocycles. The van der Waals surface area contributed by atoms with E-state index in [-0.39, 0.29) is 0 Å². The minimum absolute atomic E-state index is 1.04. The van der Waals surface area contributed by atoms with Gasteiger partial charge >= 0.3 is 0 Å². The van der Waals surface area contributed by atoms with E-state index in [1.54, 1.807) is 0 Å². The van der Waals surface area contributed by atoms with Crippen LogP contribution >= 0.6 is 0 Å². The molecule has 0 saturated heterocycles. The molecule has 0 atom stereocenters. The molecule has 11 aromatic rings. The largest absolute Gasteiger partial charge is 0.310 e. The summed E-state index contributed by atoms with van der Waals surface area (Å²) >= 11 is 0. The van der Waals surface area contributed by atoms with Crippen LogP contribution in [0.2, 0.25) is 0 Å². The molecule has 0 bridgehead atoms. The normalized spacial score (nSPS) is 11.2. The second-order valence-corrected chi connectivity index (χ2v) is 15.8. The molecule has 0 amide bonds. The van der Waals surface area contributed by atoms with Crippen LogP contribution < -0.4 is 9.80 Å². The molecular weight excluding hydrogens is 763 g/mol. The molecule has 63 heavy (non-hydrogen) atoms. The summed E-state index contributed by atoms with van der Waals surface area (Å²) < 4.78 is 2.40. The van der Waals surface area contributed by atoms with E-state index < -0.39 is 0 Å². The van der Waals surface area contributed by atoms with Crippen LogP contribution in [-0.4, -0.2) is 4.57 Å². The van der Waals surface area contributed by atoms with Crippen LogP contribution in [0.5, 0.6) is 0 Å². The molecule has 0 radical (unpaired) electrons. The van der Waals surface area contributed by atoms with Crippen LogP contribution in [0.15, 0.2) is 261 Å². The first-order valence-electron chi connectivity index (χ1n) is 21.5. The molecule has 11 rings (SSSR count). The Bertz CT molecular complexity index is 3180. The quantitative estimate of drug-likeness (QED) is 0.136. The molecule has 1 aromatic heterocycles. The van der Waals surface area contributed by atoms with Crippen LogP contribution in [0.25, 0.3) is 60.9 Å². The number of aromatic nitrogens is 1. The lowest BCUT2D eigenvalue weighted by atomic mass is 9.99. The Labute approximate surface area is 368 Å². The molecule has 3 heteroatoms. The van der Waals surface area contributed by atoms with Gasteiger partial charge in [-0.3, -0.25) is 0 Å². The van der Waals surface area contributed by atoms with Gasteiger partial charge in [-0.1, -0.05) is 170 Å². The van der Waals surface area contributed by atoms with Crippen molar-refractivity contribution in [2.45, 2.75) is 0 Å². The van der Waals surface area contributed by atoms with E-state index in [9.17, 15) is 0 Å². The maximum atomic E-state index is 2.40. The third-order valence-corrected chi connectivity index (χ3v) is 11.9. The van der Waals surface area contributed by atoms with E-state index in [1.165, 1.54) is 27.4 Å². The number of benzene rings is 10. The Morgan fingerprint density at radius 3 is 1.16 bits per heavy atom. The standard InChI is InChI=1S/C60H43N3/c1-6-20-44(21-7-1)46-24-18-32-53(38-46)61(50-26-10-3-11-27-50)55-40-49(48-36-37-58-57-34-16-17-35-59(57)63(60(58)42-48)52-30-14-5-15-31-52)41-56(43-55)62(51-28-12-4-13-29-51)54-33-19-25-47(39-54)45-22-8-2-9-23-45/h1-43H. The lowest BCUT2D eigenvalue weighted by Gasteiger charge is -2.30. The van der Waals surface area contributed by atoms with Crippen LogP contribution in [0, 0.1) is 0 Å². The van der Waals surface area contributed by atoms with Gasteiger partial charge < -0.3 is 14.4 Å². The summed E-state index contributed by atoms with van der Waals surface area (Å²) in [6.07, 6.45) is 0. The van der Waals surface area contributed by atoms with Crippen molar-refractivity contribution in [2.24, 2.45) is 0 Å². The average Bonchev–Trinajstić information content (AvgIpc) is 3.69. The summed E-state index contributed by atoms with van der Waals surface area (Å²) in [6, 6.07) is 93.9. The van der Waals surface area contributed by atoms with E-state index in [0.717, 1.165) is 67.6 Å². The Kier molecular flexibility index (Phi) is 9.89. The van der Waals surface area contributed by atoms with Crippen LogP contribution in [-0.2, 0) is 0 Å². The van der Waals surface area contributed by atoms with Crippen molar-refractivity contribution in [1.82, 2.24) is 4.57 Å². The lowest BCUT2D eigenvalue weighted by molar-refractivity contribution is 1.18. The molecular formula is C60H43N3. The fourth-order valence-corrected chi connectivity index (χ4v) is 8.98. The van der Waals surface area contributed by atoms with Gasteiger partial charge in [0.25, 0.3) is 0 Å². The Morgan fingerprint density at radius 2 is 0.619 bits per heavy atom. The van der Waals surface area contributed by atoms with Gasteiger partial charge in [0.05, 0.1) is 11.0 Å². The number of anilines is 6. The summed E-state index contributed by atoms with van der Waals surface area (Å²) in [4.78, 5) is 4.78. The fourth-order valence-electron chi connectivity index (χ4n) is 8.98. The van der Waals surface area contributed by atoms with Gasteiger partial charge in [0.1, 0.15) is 0 Å². The topological polar surface area (TPSA) is 11.4 Å². The molecule has 0 spiro atoms. The van der Waals surface area contributed by atoms with Crippen molar-refractivity contribution in [3.63, 3.8) is 0 Å². The van der Waals surface area contributed by atoms with Gasteiger partial charge in [0.15, 0.2) is 0 Å². The summed E-state index contributed by atoms with van der Waals surface area (Å²) in [5, 5.41) is 2.46. The Hall–Kier alpha value is -8.40. The summed E-state index contributed by atoms with van der Waals surface area (Å²) in [5.74, 6) is 0. The van der Waals surface area contributed by atoms with Gasteiger partial charge in [-0.2, -0.15) is 0 Å². The van der Waals surface area contributed by atoms with Gasteiger partial charge in [-0.15, -0.1) is 0 Å². The highest BCUT2D eigenvalue weighted by Gasteiger charge is 2.21. The molecule has 1 heterocycles. The van der Waals surface area contributed by atoms with Crippen LogP contribution in [0.1, 0.15) is 0 Å². The van der Waals surface area contributed by atoms with Gasteiger partial charge in [0.2, 0.25) is 0 Å². The molecule has 0 N–H and O–H groups in total. The molecule has 0 aliphatic rings. The maximum absolute atomic E-state index is 2.40. The number of fused-ring (bicyclic) bond motifs is 3. The van der Waals surface area contributed by atoms with Gasteiger partial charge in [-0.05, 0) is 124 Å². The number of hydrogen-bond donors (Lipinski definition) is 0. The molecule has 3 nitrogen and oxygen atoms in total. The Morgan fingerprint density at radius 1 is 0.222 bits per heavy atom. The van der Waals surface area contributed by atoms with Crippen LogP contribution in [0.4, 0.5) is 34.1 Å². The van der Waals surface area contributed by atoms with Gasteiger partial charge in [-0.25, -0.2) is 0 Å². The lowest BCUT2D eigenvalue weighted by Crippen LogP contribution is -2.13. The number of hydrogen-bond acceptors (Lipinski definition) is 2. The number of nitrogens with zero attached hydrogens (tertiary/aromatic N) is 3. The second-order valence-electron chi connectivity index (χ2n) is 15.8. The zero-order chi connectivity index (χ0) is 42.0. The SMILES string of the molecule is c1ccc(-c2cccc(N(c3ccccc3)c3cc(-c4ccc5c6ccccc6n(-c6ccccc6)c5c4)cc(N(c4ccccc4)c4cccc(-c5ccccc5)c4)c3)c2)cc1. The highest BCUT2D eigenvalue weighted by molar-refractivity contribution is 6.10. The van der Waals surface area contributed by atoms with Crippen molar-refractivity contribution >= 4 is 55.9 Å². The van der Waals surface area contributed by atoms with Crippen molar-refractivity contribution in [3.05, 3.63) is 261 Å². The average molecular weight is 806 g/mol. The van der Waals surface area contributed by atoms with Crippen molar-refractivity contribution in [2.75, 3.05) is 9.80 Å². The predicted molar refractivity (Wildman–Crippen MR) is 266 cm³/mol. The molecule has 0 unspecified atom stereocenters. The molecule has 298 valence electrons. The zero-order valence-corrected chi connectivity index (χ0v) is 34.7. The number of para-hydroxylation sites is 4. The van der Waals surface area contributed by atoms with Crippen molar-refractivity contribution < 1.29 is 0 Å². The fraction of sp³-hybridized carbons (Fsp3) is 0. The smallest absolute Gasteiger partial charge is 0.0547 e. The zero-order valence-electron chi connectivity index (χ0n) is 34.7. The third kappa shape index (κ3) is 7.32. The molecule has 0 fully saturated rings. The summed E-state index contributed by atoms with van der Waals surface area (Å²) in [7, 11) is 0. The van der Waals surface area contributed by atoms with E-state index >= 15 is 0 Å². The predicted octanol–water partition coefficient (Wildman–Crippen LogP) is 16.7. The molecule has 0 aliphatic carbocycles. The second kappa shape index (κ2) is 16.6. The minimum Gasteiger partial charge on any atom is -0.310 e. The first-order valence-corrected chi connectivity index (χ1v) is 21.5. The van der Waals surface area contributed by atoms with E-state index in [2.05, 4.69) is 275 Å². The summed E-state index contributed by atoms with van der Waals surface area (Å²) in [6.45, 7) is 0. The van der Waals surface area contributed by atoms with Crippen molar-refractivity contribution in [1.29, 1.82) is 0 Å². The maximum Gasteiger partial charge on any atom is 0.0547 e. The molecule has 0 aliphatic heterocycles. The highest BCUT2D eigenvalue weighted by Crippen LogP contribution is 2.45. The monoisotopic (exact) mass is 805 g/mol. The van der Waals surface area contributed by atoms with Gasteiger partial charge in [0, 0.05) is 50.6 Å². The Balaban J connectivity index is 1.17. The third-order valence-electron chi connectivity index (χ3n) is 11.9. The van der Waals surface area contributed by atoms with E-state index in [1.807, 2.05) is 0 Å². The summed E-state index contributed by atoms with van der Waals surface area (Å²) in [5.41, 5.74) is 16.8. The number of rotatable bonds is 10. The van der Waals surface area contributed by atoms with E-state index in [4.69, 9.17) is 0 Å². The first-order chi connectivity index (χ1) is 31.2. The van der Waals surface area contributed by atoms with E-state index in [0.29, 0.717) is 0 Å². The van der Waals surface area contributed by atoms with Crippen molar-refractivity contribution in [3.8, 4) is 39.1 Å². The first kappa shape index (κ1) is 37.6. The highest BCUT2D eigenvalue weighted by atomic mass is 15.2. The van der Waals surface area contributed by atoms with Crippen LogP contribution in [0.3, 0.4) is 0 Å². The molecule has 10 aromatic carbocycles.